The Hall–Kier alpha value is -1.91. The van der Waals surface area contributed by atoms with Crippen LogP contribution in [0.1, 0.15) is 37.9 Å². The highest BCUT2D eigenvalue weighted by molar-refractivity contribution is 5.86. The summed E-state index contributed by atoms with van der Waals surface area (Å²) in [5.41, 5.74) is 2.44. The van der Waals surface area contributed by atoms with Gasteiger partial charge >= 0.3 is 5.97 Å². The molecule has 0 aliphatic rings. The van der Waals surface area contributed by atoms with Gasteiger partial charge in [0.2, 0.25) is 0 Å². The van der Waals surface area contributed by atoms with E-state index in [4.69, 9.17) is 5.11 Å². The van der Waals surface area contributed by atoms with Gasteiger partial charge in [0.05, 0.1) is 12.1 Å². The quantitative estimate of drug-likeness (QED) is 0.866. The minimum Gasteiger partial charge on any atom is -0.481 e. The molecule has 0 saturated carbocycles. The molecule has 0 aliphatic carbocycles. The van der Waals surface area contributed by atoms with E-state index in [1.165, 1.54) is 0 Å². The number of carboxylic acids is 1. The molecule has 2 aromatic heterocycles. The smallest absolute Gasteiger partial charge is 0.307 e. The lowest BCUT2D eigenvalue weighted by atomic mass is 10.1. The van der Waals surface area contributed by atoms with Crippen LogP contribution in [-0.4, -0.2) is 26.0 Å². The van der Waals surface area contributed by atoms with Crippen LogP contribution in [-0.2, 0) is 24.1 Å². The summed E-state index contributed by atoms with van der Waals surface area (Å²) in [6.45, 7) is 6.28. The number of nitrogens with zero attached hydrogens (tertiary/aromatic N) is 2. The monoisotopic (exact) mass is 261 g/mol. The molecule has 0 aromatic carbocycles. The first kappa shape index (κ1) is 13.5. The molecule has 19 heavy (non-hydrogen) atoms. The molecular formula is C14H19N3O2. The average Bonchev–Trinajstić information content (AvgIpc) is 2.70. The van der Waals surface area contributed by atoms with Crippen molar-refractivity contribution in [1.29, 1.82) is 0 Å². The van der Waals surface area contributed by atoms with E-state index in [0.29, 0.717) is 5.92 Å². The lowest BCUT2D eigenvalue weighted by molar-refractivity contribution is -0.136. The summed E-state index contributed by atoms with van der Waals surface area (Å²) >= 11 is 0. The highest BCUT2D eigenvalue weighted by atomic mass is 16.4. The van der Waals surface area contributed by atoms with Crippen molar-refractivity contribution in [3.63, 3.8) is 0 Å². The van der Waals surface area contributed by atoms with E-state index in [1.54, 1.807) is 6.20 Å². The molecule has 5 heteroatoms. The molecule has 0 aliphatic heterocycles. The van der Waals surface area contributed by atoms with Crippen molar-refractivity contribution in [1.82, 2.24) is 15.0 Å². The Labute approximate surface area is 112 Å². The largest absolute Gasteiger partial charge is 0.481 e. The van der Waals surface area contributed by atoms with E-state index in [9.17, 15) is 4.79 Å². The SMILES string of the molecule is CCc1nc(CC(C)C)nc2[nH]cc(CC(=O)O)c12. The Bertz CT molecular complexity index is 602. The molecule has 2 heterocycles. The van der Waals surface area contributed by atoms with Gasteiger partial charge in [-0.3, -0.25) is 4.79 Å². The van der Waals surface area contributed by atoms with Crippen LogP contribution in [0.25, 0.3) is 11.0 Å². The van der Waals surface area contributed by atoms with Crippen LogP contribution in [0.2, 0.25) is 0 Å². The van der Waals surface area contributed by atoms with Gasteiger partial charge in [-0.15, -0.1) is 0 Å². The molecule has 0 unspecified atom stereocenters. The van der Waals surface area contributed by atoms with E-state index in [1.807, 2.05) is 6.92 Å². The Balaban J connectivity index is 2.51. The zero-order chi connectivity index (χ0) is 14.0. The normalized spacial score (nSPS) is 11.4. The standard InChI is InChI=1S/C14H19N3O2/c1-4-10-13-9(6-12(18)19)7-15-14(13)17-11(16-10)5-8(2)3/h7-8H,4-6H2,1-3H3,(H,18,19)(H,15,16,17). The molecule has 0 spiro atoms. The van der Waals surface area contributed by atoms with Gasteiger partial charge in [-0.25, -0.2) is 9.97 Å². The van der Waals surface area contributed by atoms with Gasteiger partial charge in [0.15, 0.2) is 0 Å². The molecule has 2 aromatic rings. The van der Waals surface area contributed by atoms with Crippen LogP contribution < -0.4 is 0 Å². The predicted molar refractivity (Wildman–Crippen MR) is 73.1 cm³/mol. The summed E-state index contributed by atoms with van der Waals surface area (Å²) in [5, 5.41) is 9.80. The second-order valence-corrected chi connectivity index (χ2v) is 5.15. The van der Waals surface area contributed by atoms with Crippen LogP contribution in [0.4, 0.5) is 0 Å². The fourth-order valence-electron chi connectivity index (χ4n) is 2.24. The number of aliphatic carboxylic acids is 1. The molecule has 0 radical (unpaired) electrons. The molecule has 2 N–H and O–H groups in total. The topological polar surface area (TPSA) is 78.9 Å². The number of hydrogen-bond donors (Lipinski definition) is 2. The molecule has 5 nitrogen and oxygen atoms in total. The van der Waals surface area contributed by atoms with Gasteiger partial charge in [0.25, 0.3) is 0 Å². The minimum atomic E-state index is -0.839. The summed E-state index contributed by atoms with van der Waals surface area (Å²) in [5.74, 6) is 0.480. The predicted octanol–water partition coefficient (Wildman–Crippen LogP) is 2.35. The molecule has 2 rings (SSSR count). The van der Waals surface area contributed by atoms with E-state index in [-0.39, 0.29) is 6.42 Å². The van der Waals surface area contributed by atoms with Crippen LogP contribution in [0, 0.1) is 5.92 Å². The molecule has 0 bridgehead atoms. The molecule has 0 fully saturated rings. The lowest BCUT2D eigenvalue weighted by Gasteiger charge is -2.07. The van der Waals surface area contributed by atoms with Crippen molar-refractivity contribution in [3.8, 4) is 0 Å². The first-order chi connectivity index (χ1) is 9.01. The third-order valence-corrected chi connectivity index (χ3v) is 3.00. The van der Waals surface area contributed by atoms with Gasteiger partial charge in [-0.1, -0.05) is 20.8 Å². The summed E-state index contributed by atoms with van der Waals surface area (Å²) in [6.07, 6.45) is 3.33. The maximum atomic E-state index is 10.9. The third kappa shape index (κ3) is 2.92. The number of fused-ring (bicyclic) bond motifs is 1. The highest BCUT2D eigenvalue weighted by Crippen LogP contribution is 2.22. The van der Waals surface area contributed by atoms with Crippen molar-refractivity contribution in [2.24, 2.45) is 5.92 Å². The zero-order valence-electron chi connectivity index (χ0n) is 11.5. The summed E-state index contributed by atoms with van der Waals surface area (Å²) < 4.78 is 0. The number of carbonyl (C=O) groups is 1. The van der Waals surface area contributed by atoms with Crippen LogP contribution in [0.5, 0.6) is 0 Å². The molecule has 0 saturated heterocycles. The fraction of sp³-hybridized carbons (Fsp3) is 0.500. The number of aryl methyl sites for hydroxylation is 1. The van der Waals surface area contributed by atoms with Gasteiger partial charge in [-0.2, -0.15) is 0 Å². The van der Waals surface area contributed by atoms with Gasteiger partial charge in [-0.05, 0) is 17.9 Å². The Morgan fingerprint density at radius 3 is 2.74 bits per heavy atom. The van der Waals surface area contributed by atoms with E-state index in [0.717, 1.165) is 41.0 Å². The Morgan fingerprint density at radius 2 is 2.16 bits per heavy atom. The molecule has 102 valence electrons. The number of hydrogen-bond acceptors (Lipinski definition) is 3. The minimum absolute atomic E-state index is 0.000112. The third-order valence-electron chi connectivity index (χ3n) is 3.00. The number of aromatic amines is 1. The van der Waals surface area contributed by atoms with Crippen molar-refractivity contribution in [2.75, 3.05) is 0 Å². The van der Waals surface area contributed by atoms with Crippen molar-refractivity contribution in [3.05, 3.63) is 23.3 Å². The number of H-pyrrole nitrogens is 1. The summed E-state index contributed by atoms with van der Waals surface area (Å²) in [7, 11) is 0. The Morgan fingerprint density at radius 1 is 1.42 bits per heavy atom. The summed E-state index contributed by atoms with van der Waals surface area (Å²) in [4.78, 5) is 23.0. The first-order valence-corrected chi connectivity index (χ1v) is 6.58. The van der Waals surface area contributed by atoms with Gasteiger partial charge in [0, 0.05) is 18.0 Å². The first-order valence-electron chi connectivity index (χ1n) is 6.58. The van der Waals surface area contributed by atoms with Crippen LogP contribution >= 0.6 is 0 Å². The Kier molecular flexibility index (Phi) is 3.83. The number of rotatable bonds is 5. The van der Waals surface area contributed by atoms with E-state index < -0.39 is 5.97 Å². The number of aromatic nitrogens is 3. The van der Waals surface area contributed by atoms with Crippen LogP contribution in [0.15, 0.2) is 6.20 Å². The maximum Gasteiger partial charge on any atom is 0.307 e. The lowest BCUT2D eigenvalue weighted by Crippen LogP contribution is -2.05. The maximum absolute atomic E-state index is 10.9. The number of nitrogens with one attached hydrogen (secondary N) is 1. The molecular weight excluding hydrogens is 242 g/mol. The highest BCUT2D eigenvalue weighted by Gasteiger charge is 2.15. The summed E-state index contributed by atoms with van der Waals surface area (Å²) in [6, 6.07) is 0. The van der Waals surface area contributed by atoms with Crippen molar-refractivity contribution < 1.29 is 9.90 Å². The van der Waals surface area contributed by atoms with Gasteiger partial charge in [0.1, 0.15) is 11.5 Å². The van der Waals surface area contributed by atoms with Crippen LogP contribution in [0.3, 0.4) is 0 Å². The second-order valence-electron chi connectivity index (χ2n) is 5.15. The average molecular weight is 261 g/mol. The number of carboxylic acid groups (broad SMARTS) is 1. The van der Waals surface area contributed by atoms with Gasteiger partial charge < -0.3 is 10.1 Å². The zero-order valence-corrected chi connectivity index (χ0v) is 11.5. The van der Waals surface area contributed by atoms with E-state index in [2.05, 4.69) is 28.8 Å². The van der Waals surface area contributed by atoms with Crippen molar-refractivity contribution >= 4 is 17.0 Å². The second kappa shape index (κ2) is 5.38. The fourth-order valence-corrected chi connectivity index (χ4v) is 2.24. The van der Waals surface area contributed by atoms with E-state index >= 15 is 0 Å². The molecule has 0 atom stereocenters. The van der Waals surface area contributed by atoms with Crippen molar-refractivity contribution in [2.45, 2.75) is 40.0 Å². The molecule has 0 amide bonds.